The van der Waals surface area contributed by atoms with Gasteiger partial charge in [0.1, 0.15) is 0 Å². The van der Waals surface area contributed by atoms with Crippen molar-refractivity contribution in [1.29, 1.82) is 0 Å². The lowest BCUT2D eigenvalue weighted by Crippen LogP contribution is -1.84. The molecule has 0 aliphatic heterocycles. The van der Waals surface area contributed by atoms with Crippen molar-refractivity contribution >= 4 is 17.4 Å². The molecule has 0 heterocycles. The van der Waals surface area contributed by atoms with Gasteiger partial charge < -0.3 is 5.73 Å². The average molecular weight is 214 g/mol. The molecule has 0 aromatic heterocycles. The van der Waals surface area contributed by atoms with Crippen LogP contribution in [0.2, 0.25) is 0 Å². The molecule has 0 unspecified atom stereocenters. The lowest BCUT2D eigenvalue weighted by Gasteiger charge is -2.05. The van der Waals surface area contributed by atoms with Crippen LogP contribution in [0.4, 0.5) is 5.69 Å². The molecule has 0 saturated carbocycles. The zero-order valence-corrected chi connectivity index (χ0v) is 9.13. The summed E-state index contributed by atoms with van der Waals surface area (Å²) in [5.74, 6) is 0. The molecule has 2 aromatic rings. The molecule has 2 N–H and O–H groups in total. The van der Waals surface area contributed by atoms with Gasteiger partial charge in [0.2, 0.25) is 0 Å². The molecular formula is C13H12NS. The number of benzene rings is 2. The molecular weight excluding hydrogens is 202 g/mol. The summed E-state index contributed by atoms with van der Waals surface area (Å²) in [5, 5.41) is 0. The van der Waals surface area contributed by atoms with E-state index >= 15 is 0 Å². The molecule has 0 aliphatic rings. The minimum Gasteiger partial charge on any atom is -0.399 e. The van der Waals surface area contributed by atoms with Crippen LogP contribution in [0.1, 0.15) is 5.56 Å². The third-order valence-corrected chi connectivity index (χ3v) is 3.17. The number of hydrogen-bond acceptors (Lipinski definition) is 2. The normalized spacial score (nSPS) is 10.2. The second-order valence-corrected chi connectivity index (χ2v) is 4.40. The zero-order valence-electron chi connectivity index (χ0n) is 8.31. The summed E-state index contributed by atoms with van der Waals surface area (Å²) in [6, 6.07) is 16.0. The molecule has 0 aliphatic carbocycles. The van der Waals surface area contributed by atoms with Crippen LogP contribution < -0.4 is 5.73 Å². The summed E-state index contributed by atoms with van der Waals surface area (Å²) < 4.78 is 0. The predicted molar refractivity (Wildman–Crippen MR) is 65.9 cm³/mol. The highest BCUT2D eigenvalue weighted by molar-refractivity contribution is 7.99. The van der Waals surface area contributed by atoms with Crippen LogP contribution in [0.5, 0.6) is 0 Å². The van der Waals surface area contributed by atoms with E-state index in [0.717, 1.165) is 16.1 Å². The second-order valence-electron chi connectivity index (χ2n) is 3.28. The Morgan fingerprint density at radius 3 is 2.53 bits per heavy atom. The molecule has 15 heavy (non-hydrogen) atoms. The summed E-state index contributed by atoms with van der Waals surface area (Å²) in [4.78, 5) is 2.31. The van der Waals surface area contributed by atoms with Crippen molar-refractivity contribution < 1.29 is 0 Å². The largest absolute Gasteiger partial charge is 0.399 e. The first-order chi connectivity index (χ1) is 7.25. The Hall–Kier alpha value is -1.41. The van der Waals surface area contributed by atoms with E-state index in [1.54, 1.807) is 11.8 Å². The van der Waals surface area contributed by atoms with E-state index in [4.69, 9.17) is 5.73 Å². The maximum absolute atomic E-state index is 5.72. The fourth-order valence-corrected chi connectivity index (χ4v) is 2.25. The van der Waals surface area contributed by atoms with Crippen LogP contribution in [0.25, 0.3) is 0 Å². The molecule has 0 saturated heterocycles. The van der Waals surface area contributed by atoms with Crippen molar-refractivity contribution in [1.82, 2.24) is 0 Å². The topological polar surface area (TPSA) is 26.0 Å². The highest BCUT2D eigenvalue weighted by Gasteiger charge is 2.00. The van der Waals surface area contributed by atoms with Crippen LogP contribution in [-0.4, -0.2) is 0 Å². The molecule has 1 nitrogen and oxygen atoms in total. The highest BCUT2D eigenvalue weighted by Crippen LogP contribution is 2.30. The first kappa shape index (κ1) is 10.1. The number of rotatable bonds is 2. The quantitative estimate of drug-likeness (QED) is 0.773. The van der Waals surface area contributed by atoms with E-state index in [-0.39, 0.29) is 0 Å². The summed E-state index contributed by atoms with van der Waals surface area (Å²) in [6.45, 7) is 3.99. The van der Waals surface area contributed by atoms with E-state index in [1.165, 1.54) is 4.90 Å². The summed E-state index contributed by atoms with van der Waals surface area (Å²) in [5.41, 5.74) is 7.56. The van der Waals surface area contributed by atoms with Gasteiger partial charge in [-0.25, -0.2) is 0 Å². The molecule has 75 valence electrons. The molecule has 0 bridgehead atoms. The van der Waals surface area contributed by atoms with Crippen LogP contribution in [0.15, 0.2) is 58.3 Å². The Morgan fingerprint density at radius 2 is 1.80 bits per heavy atom. The van der Waals surface area contributed by atoms with Crippen molar-refractivity contribution in [2.24, 2.45) is 0 Å². The predicted octanol–water partition coefficient (Wildman–Crippen LogP) is 3.60. The van der Waals surface area contributed by atoms with Gasteiger partial charge >= 0.3 is 0 Å². The molecule has 0 atom stereocenters. The lowest BCUT2D eigenvalue weighted by molar-refractivity contribution is 1.36. The van der Waals surface area contributed by atoms with E-state index in [1.807, 2.05) is 42.5 Å². The molecule has 0 spiro atoms. The Bertz CT molecular complexity index is 466. The minimum atomic E-state index is 0.793. The molecule has 0 amide bonds. The monoisotopic (exact) mass is 214 g/mol. The van der Waals surface area contributed by atoms with E-state index < -0.39 is 0 Å². The van der Waals surface area contributed by atoms with E-state index in [0.29, 0.717) is 0 Å². The zero-order chi connectivity index (χ0) is 10.7. The number of nitrogen functional groups attached to an aromatic ring is 1. The van der Waals surface area contributed by atoms with Gasteiger partial charge in [-0.15, -0.1) is 0 Å². The summed E-state index contributed by atoms with van der Waals surface area (Å²) in [7, 11) is 0. The fourth-order valence-electron chi connectivity index (χ4n) is 1.31. The standard InChI is InChI=1S/C13H12NS/c1-10-5-2-3-8-13(10)15-12-7-4-6-11(14)9-12/h2-9H,1,14H2. The van der Waals surface area contributed by atoms with Crippen molar-refractivity contribution in [2.45, 2.75) is 9.79 Å². The molecule has 0 fully saturated rings. The van der Waals surface area contributed by atoms with E-state index in [9.17, 15) is 0 Å². The van der Waals surface area contributed by atoms with Crippen molar-refractivity contribution in [3.8, 4) is 0 Å². The third-order valence-electron chi connectivity index (χ3n) is 2.06. The van der Waals surface area contributed by atoms with Crippen molar-refractivity contribution in [3.05, 3.63) is 61.0 Å². The minimum absolute atomic E-state index is 0.793. The van der Waals surface area contributed by atoms with Crippen LogP contribution >= 0.6 is 11.8 Å². The van der Waals surface area contributed by atoms with Gasteiger partial charge in [-0.3, -0.25) is 0 Å². The lowest BCUT2D eigenvalue weighted by atomic mass is 10.2. The van der Waals surface area contributed by atoms with Gasteiger partial charge in [0.15, 0.2) is 0 Å². The SMILES string of the molecule is [CH2]c1ccccc1Sc1cccc(N)c1. The van der Waals surface area contributed by atoms with Gasteiger partial charge in [0.05, 0.1) is 0 Å². The maximum Gasteiger partial charge on any atom is 0.0325 e. The van der Waals surface area contributed by atoms with Crippen molar-refractivity contribution in [2.75, 3.05) is 5.73 Å². The average Bonchev–Trinajstić information content (AvgIpc) is 2.22. The van der Waals surface area contributed by atoms with Gasteiger partial charge in [-0.1, -0.05) is 36.0 Å². The second kappa shape index (κ2) is 4.41. The first-order valence-corrected chi connectivity index (χ1v) is 5.52. The Balaban J connectivity index is 2.26. The van der Waals surface area contributed by atoms with Gasteiger partial charge in [0.25, 0.3) is 0 Å². The summed E-state index contributed by atoms with van der Waals surface area (Å²) >= 11 is 1.69. The summed E-state index contributed by atoms with van der Waals surface area (Å²) in [6.07, 6.45) is 0. The smallest absolute Gasteiger partial charge is 0.0325 e. The molecule has 2 rings (SSSR count). The van der Waals surface area contributed by atoms with Gasteiger partial charge in [-0.05, 0) is 36.8 Å². The number of nitrogens with two attached hydrogens (primary N) is 1. The van der Waals surface area contributed by atoms with Gasteiger partial charge in [0, 0.05) is 15.5 Å². The highest BCUT2D eigenvalue weighted by atomic mass is 32.2. The molecule has 2 heteroatoms. The Morgan fingerprint density at radius 1 is 1.00 bits per heavy atom. The molecule has 2 aromatic carbocycles. The van der Waals surface area contributed by atoms with Gasteiger partial charge in [-0.2, -0.15) is 0 Å². The Kier molecular flexibility index (Phi) is 2.97. The first-order valence-electron chi connectivity index (χ1n) is 4.70. The van der Waals surface area contributed by atoms with E-state index in [2.05, 4.69) is 13.0 Å². The number of hydrogen-bond donors (Lipinski definition) is 1. The van der Waals surface area contributed by atoms with Crippen LogP contribution in [0.3, 0.4) is 0 Å². The maximum atomic E-state index is 5.72. The fraction of sp³-hybridized carbons (Fsp3) is 0. The van der Waals surface area contributed by atoms with Crippen molar-refractivity contribution in [3.63, 3.8) is 0 Å². The third kappa shape index (κ3) is 2.54. The number of anilines is 1. The van der Waals surface area contributed by atoms with Crippen LogP contribution in [0, 0.1) is 6.92 Å². The van der Waals surface area contributed by atoms with Crippen LogP contribution in [-0.2, 0) is 0 Å². The Labute approximate surface area is 94.3 Å². The molecule has 1 radical (unpaired) electrons.